The average molecular weight is 481 g/mol. The Morgan fingerprint density at radius 3 is 0.806 bits per heavy atom. The van der Waals surface area contributed by atoms with Crippen molar-refractivity contribution >= 4 is 24.3 Å². The summed E-state index contributed by atoms with van der Waals surface area (Å²) in [6, 6.07) is 9.33. The summed E-state index contributed by atoms with van der Waals surface area (Å²) >= 11 is 0. The van der Waals surface area contributed by atoms with Gasteiger partial charge in [0.1, 0.15) is 0 Å². The maximum Gasteiger partial charge on any atom is 0.0627 e. The molecule has 0 amide bonds. The fourth-order valence-corrected chi connectivity index (χ4v) is 5.47. The molecule has 0 saturated carbocycles. The molecule has 1 aliphatic heterocycles. The molecule has 0 saturated heterocycles. The van der Waals surface area contributed by atoms with Gasteiger partial charge in [0.05, 0.1) is 21.4 Å². The third-order valence-electron chi connectivity index (χ3n) is 7.23. The molecular formula is C32H40N4. The van der Waals surface area contributed by atoms with Crippen LogP contribution in [0.2, 0.25) is 0 Å². The van der Waals surface area contributed by atoms with Gasteiger partial charge in [0.15, 0.2) is 0 Å². The van der Waals surface area contributed by atoms with E-state index in [1.807, 2.05) is 0 Å². The highest BCUT2D eigenvalue weighted by Gasteiger charge is 2.05. The quantitative estimate of drug-likeness (QED) is 0.292. The Balaban J connectivity index is 1.93. The zero-order valence-corrected chi connectivity index (χ0v) is 22.3. The molecule has 36 heavy (non-hydrogen) atoms. The van der Waals surface area contributed by atoms with Crippen molar-refractivity contribution in [3.63, 3.8) is 0 Å². The molecule has 188 valence electrons. The fraction of sp³-hybridized carbons (Fsp3) is 0.375. The summed E-state index contributed by atoms with van der Waals surface area (Å²) < 4.78 is 0. The van der Waals surface area contributed by atoms with Crippen LogP contribution in [0.5, 0.6) is 0 Å². The summed E-state index contributed by atoms with van der Waals surface area (Å²) in [5.74, 6) is 0. The van der Waals surface area contributed by atoms with Gasteiger partial charge in [-0.05, 0) is 96.5 Å². The highest BCUT2D eigenvalue weighted by molar-refractivity contribution is 5.61. The van der Waals surface area contributed by atoms with Gasteiger partial charge in [-0.3, -0.25) is 0 Å². The van der Waals surface area contributed by atoms with Gasteiger partial charge in [0.2, 0.25) is 0 Å². The number of fused-ring (bicyclic) bond motifs is 8. The molecule has 0 atom stereocenters. The van der Waals surface area contributed by atoms with Crippen LogP contribution in [-0.2, 0) is 25.7 Å². The Hall–Kier alpha value is -3.40. The lowest BCUT2D eigenvalue weighted by molar-refractivity contribution is 0.914. The molecule has 0 spiro atoms. The number of H-pyrrole nitrogens is 4. The van der Waals surface area contributed by atoms with Gasteiger partial charge in [0, 0.05) is 21.4 Å². The van der Waals surface area contributed by atoms with Crippen LogP contribution in [-0.4, -0.2) is 19.9 Å². The Morgan fingerprint density at radius 1 is 0.389 bits per heavy atom. The van der Waals surface area contributed by atoms with E-state index in [9.17, 15) is 0 Å². The standard InChI is InChI=1S/C32H40N4/c1-5-9-21-17-29-30-18-22(10-6-2)27(34-30)15-16-28-24(12-8-4)20-32(36-28)31-19-23(11-7-3)26(35-31)14-13-25(21)33-29/h13-20,33-36H,5-12H2,1-4H3. The highest BCUT2D eigenvalue weighted by atomic mass is 14.8. The zero-order chi connectivity index (χ0) is 25.1. The number of aryl methyl sites for hydroxylation is 4. The lowest BCUT2D eigenvalue weighted by Crippen LogP contribution is -2.11. The van der Waals surface area contributed by atoms with E-state index in [1.165, 1.54) is 43.7 Å². The van der Waals surface area contributed by atoms with Crippen molar-refractivity contribution in [2.45, 2.75) is 79.1 Å². The molecule has 1 aliphatic rings. The van der Waals surface area contributed by atoms with E-state index in [0.717, 1.165) is 72.8 Å². The van der Waals surface area contributed by atoms with Crippen molar-refractivity contribution < 1.29 is 0 Å². The van der Waals surface area contributed by atoms with Gasteiger partial charge in [-0.15, -0.1) is 0 Å². The second-order valence-corrected chi connectivity index (χ2v) is 10.2. The molecule has 4 nitrogen and oxygen atoms in total. The minimum Gasteiger partial charge on any atom is -0.354 e. The smallest absolute Gasteiger partial charge is 0.0627 e. The van der Waals surface area contributed by atoms with E-state index in [-0.39, 0.29) is 0 Å². The van der Waals surface area contributed by atoms with Crippen molar-refractivity contribution in [3.8, 4) is 0 Å². The fourth-order valence-electron chi connectivity index (χ4n) is 5.47. The number of hydrogen-bond donors (Lipinski definition) is 4. The van der Waals surface area contributed by atoms with Crippen molar-refractivity contribution in [2.24, 2.45) is 0 Å². The molecule has 0 aliphatic carbocycles. The summed E-state index contributed by atoms with van der Waals surface area (Å²) in [6.45, 7) is 9.00. The summed E-state index contributed by atoms with van der Waals surface area (Å²) in [5, 5.41) is 9.47. The van der Waals surface area contributed by atoms with Crippen LogP contribution in [0.4, 0.5) is 0 Å². The summed E-state index contributed by atoms with van der Waals surface area (Å²) in [6.07, 6.45) is 17.8. The van der Waals surface area contributed by atoms with Crippen molar-refractivity contribution in [3.05, 3.63) is 89.3 Å². The first-order valence-corrected chi connectivity index (χ1v) is 13.9. The van der Waals surface area contributed by atoms with Crippen molar-refractivity contribution in [2.75, 3.05) is 0 Å². The van der Waals surface area contributed by atoms with E-state index in [0.29, 0.717) is 0 Å². The molecule has 0 fully saturated rings. The molecule has 8 bridgehead atoms. The van der Waals surface area contributed by atoms with E-state index in [4.69, 9.17) is 0 Å². The van der Waals surface area contributed by atoms with E-state index >= 15 is 0 Å². The van der Waals surface area contributed by atoms with Crippen LogP contribution >= 0.6 is 0 Å². The third kappa shape index (κ3) is 4.82. The van der Waals surface area contributed by atoms with E-state index in [2.05, 4.69) is 96.2 Å². The van der Waals surface area contributed by atoms with Gasteiger partial charge in [-0.1, -0.05) is 53.4 Å². The maximum absolute atomic E-state index is 3.73. The number of aromatic nitrogens is 4. The SMILES string of the molecule is CCCc1cc2[nH]c1=CC=c1[nH]c(cc1CCC)=c1cc(CCC)c([nH]1)=CC=c1[nH]c=2cc1CCC. The molecule has 4 heteroatoms. The van der Waals surface area contributed by atoms with E-state index < -0.39 is 0 Å². The molecule has 4 aromatic heterocycles. The molecule has 4 N–H and O–H groups in total. The number of nitrogens with one attached hydrogen (secondary N) is 4. The third-order valence-corrected chi connectivity index (χ3v) is 7.23. The number of rotatable bonds is 8. The van der Waals surface area contributed by atoms with Gasteiger partial charge in [-0.2, -0.15) is 0 Å². The summed E-state index contributed by atoms with van der Waals surface area (Å²) in [4.78, 5) is 14.9. The van der Waals surface area contributed by atoms with Gasteiger partial charge >= 0.3 is 0 Å². The topological polar surface area (TPSA) is 63.2 Å². The van der Waals surface area contributed by atoms with Crippen LogP contribution in [0, 0.1) is 21.4 Å². The Morgan fingerprint density at radius 2 is 0.611 bits per heavy atom. The average Bonchev–Trinajstić information content (AvgIpc) is 3.63. The first kappa shape index (κ1) is 24.3. The molecular weight excluding hydrogens is 440 g/mol. The normalized spacial score (nSPS) is 12.6. The van der Waals surface area contributed by atoms with Gasteiger partial charge in [0.25, 0.3) is 0 Å². The molecule has 5 rings (SSSR count). The first-order chi connectivity index (χ1) is 17.6. The predicted molar refractivity (Wildman–Crippen MR) is 151 cm³/mol. The largest absolute Gasteiger partial charge is 0.354 e. The summed E-state index contributed by atoms with van der Waals surface area (Å²) in [5.41, 5.74) is 5.49. The van der Waals surface area contributed by atoms with Crippen LogP contribution in [0.1, 0.15) is 75.6 Å². The Kier molecular flexibility index (Phi) is 7.22. The zero-order valence-electron chi connectivity index (χ0n) is 22.3. The second-order valence-electron chi connectivity index (χ2n) is 10.2. The Labute approximate surface area is 212 Å². The second kappa shape index (κ2) is 10.7. The monoisotopic (exact) mass is 480 g/mol. The molecule has 4 aromatic rings. The minimum atomic E-state index is 1.06. The molecule has 0 radical (unpaired) electrons. The highest BCUT2D eigenvalue weighted by Crippen LogP contribution is 2.05. The van der Waals surface area contributed by atoms with Crippen LogP contribution < -0.4 is 21.4 Å². The number of hydrogen-bond acceptors (Lipinski definition) is 0. The van der Waals surface area contributed by atoms with Crippen LogP contribution in [0.25, 0.3) is 24.3 Å². The minimum absolute atomic E-state index is 1.06. The molecule has 0 aromatic carbocycles. The lowest BCUT2D eigenvalue weighted by atomic mass is 10.1. The van der Waals surface area contributed by atoms with Crippen molar-refractivity contribution in [1.29, 1.82) is 0 Å². The number of aromatic amines is 4. The van der Waals surface area contributed by atoms with Gasteiger partial charge < -0.3 is 19.9 Å². The summed E-state index contributed by atoms with van der Waals surface area (Å²) in [7, 11) is 0. The van der Waals surface area contributed by atoms with Gasteiger partial charge in [-0.25, -0.2) is 0 Å². The maximum atomic E-state index is 3.73. The van der Waals surface area contributed by atoms with Crippen LogP contribution in [0.15, 0.2) is 24.3 Å². The van der Waals surface area contributed by atoms with E-state index in [1.54, 1.807) is 0 Å². The predicted octanol–water partition coefficient (Wildman–Crippen LogP) is 4.22. The Bertz CT molecular complexity index is 1520. The lowest BCUT2D eigenvalue weighted by Gasteiger charge is -1.92. The van der Waals surface area contributed by atoms with Crippen LogP contribution in [0.3, 0.4) is 0 Å². The first-order valence-electron chi connectivity index (χ1n) is 13.9. The molecule has 0 unspecified atom stereocenters. The van der Waals surface area contributed by atoms with Crippen molar-refractivity contribution in [1.82, 2.24) is 19.9 Å². The molecule has 5 heterocycles.